The second-order valence-electron chi connectivity index (χ2n) is 6.99. The molecule has 0 saturated carbocycles. The second kappa shape index (κ2) is 9.20. The van der Waals surface area contributed by atoms with Gasteiger partial charge in [-0.15, -0.1) is 11.3 Å². The van der Waals surface area contributed by atoms with Crippen LogP contribution in [0.4, 0.5) is 4.79 Å². The van der Waals surface area contributed by atoms with E-state index in [9.17, 15) is 15.0 Å². The number of thiophene rings is 1. The maximum Gasteiger partial charge on any atom is 0.407 e. The fourth-order valence-electron chi connectivity index (χ4n) is 3.65. The number of ether oxygens (including phenoxy) is 1. The summed E-state index contributed by atoms with van der Waals surface area (Å²) in [5, 5.41) is 23.0. The minimum Gasteiger partial charge on any atom is -0.449 e. The van der Waals surface area contributed by atoms with Gasteiger partial charge in [-0.1, -0.05) is 48.5 Å². The first kappa shape index (κ1) is 21.5. The van der Waals surface area contributed by atoms with Crippen molar-refractivity contribution in [3.8, 4) is 11.1 Å². The highest BCUT2D eigenvalue weighted by Gasteiger charge is 2.29. The molecule has 0 saturated heterocycles. The van der Waals surface area contributed by atoms with E-state index in [0.29, 0.717) is 4.88 Å². The third-order valence-corrected chi connectivity index (χ3v) is 8.45. The fourth-order valence-corrected chi connectivity index (χ4v) is 5.78. The van der Waals surface area contributed by atoms with E-state index < -0.39 is 18.3 Å². The number of hydrogen-bond acceptors (Lipinski definition) is 5. The molecular formula is C22H19Br2NO4S. The number of hydrogen-bond donors (Lipinski definition) is 3. The summed E-state index contributed by atoms with van der Waals surface area (Å²) in [6, 6.07) is 18.0. The van der Waals surface area contributed by atoms with Crippen molar-refractivity contribution in [1.82, 2.24) is 5.32 Å². The quantitative estimate of drug-likeness (QED) is 0.392. The number of aliphatic hydroxyl groups is 2. The second-order valence-corrected chi connectivity index (χ2v) is 10.2. The van der Waals surface area contributed by atoms with Crippen LogP contribution in [0.1, 0.15) is 28.0 Å². The monoisotopic (exact) mass is 551 g/mol. The molecule has 0 radical (unpaired) electrons. The number of rotatable bonds is 6. The van der Waals surface area contributed by atoms with Crippen LogP contribution in [-0.4, -0.2) is 35.6 Å². The van der Waals surface area contributed by atoms with Gasteiger partial charge in [0.15, 0.2) is 0 Å². The van der Waals surface area contributed by atoms with E-state index in [1.807, 2.05) is 24.3 Å². The number of nitrogens with one attached hydrogen (secondary N) is 1. The van der Waals surface area contributed by atoms with Crippen LogP contribution in [0.2, 0.25) is 0 Å². The molecule has 1 aliphatic carbocycles. The SMILES string of the molecule is O=C(NCC(O)C(O)c1cc(Br)c(Br)s1)OCC1c2ccccc2-c2ccccc21. The Morgan fingerprint density at radius 2 is 1.67 bits per heavy atom. The molecule has 156 valence electrons. The number of benzene rings is 2. The van der Waals surface area contributed by atoms with Gasteiger partial charge in [0.05, 0.1) is 3.79 Å². The Labute approximate surface area is 195 Å². The largest absolute Gasteiger partial charge is 0.449 e. The zero-order valence-corrected chi connectivity index (χ0v) is 19.7. The van der Waals surface area contributed by atoms with Gasteiger partial charge < -0.3 is 20.3 Å². The molecule has 3 aromatic rings. The van der Waals surface area contributed by atoms with Crippen LogP contribution in [0.3, 0.4) is 0 Å². The summed E-state index contributed by atoms with van der Waals surface area (Å²) in [6.07, 6.45) is -2.88. The van der Waals surface area contributed by atoms with Gasteiger partial charge in [0.1, 0.15) is 18.8 Å². The third kappa shape index (κ3) is 4.33. The molecule has 1 heterocycles. The maximum absolute atomic E-state index is 12.2. The number of carbonyl (C=O) groups excluding carboxylic acids is 1. The highest BCUT2D eigenvalue weighted by molar-refractivity contribution is 9.13. The molecule has 0 fully saturated rings. The van der Waals surface area contributed by atoms with Crippen molar-refractivity contribution in [2.45, 2.75) is 18.1 Å². The molecule has 2 atom stereocenters. The van der Waals surface area contributed by atoms with E-state index in [-0.39, 0.29) is 19.1 Å². The van der Waals surface area contributed by atoms with E-state index in [2.05, 4.69) is 61.4 Å². The van der Waals surface area contributed by atoms with Crippen LogP contribution in [0, 0.1) is 0 Å². The van der Waals surface area contributed by atoms with Crippen LogP contribution in [-0.2, 0) is 4.74 Å². The molecular weight excluding hydrogens is 534 g/mol. The summed E-state index contributed by atoms with van der Waals surface area (Å²) < 4.78 is 7.07. The van der Waals surface area contributed by atoms with Crippen molar-refractivity contribution in [1.29, 1.82) is 0 Å². The third-order valence-electron chi connectivity index (χ3n) is 5.12. The lowest BCUT2D eigenvalue weighted by atomic mass is 9.98. The van der Waals surface area contributed by atoms with Crippen LogP contribution >= 0.6 is 43.2 Å². The van der Waals surface area contributed by atoms with Gasteiger partial charge in [-0.05, 0) is 60.2 Å². The van der Waals surface area contributed by atoms with Gasteiger partial charge in [-0.2, -0.15) is 0 Å². The van der Waals surface area contributed by atoms with Crippen molar-refractivity contribution in [2.24, 2.45) is 0 Å². The average molecular weight is 553 g/mol. The Morgan fingerprint density at radius 3 is 2.23 bits per heavy atom. The normalized spacial score (nSPS) is 14.7. The lowest BCUT2D eigenvalue weighted by Crippen LogP contribution is -2.36. The molecule has 2 aromatic carbocycles. The van der Waals surface area contributed by atoms with Crippen LogP contribution in [0.25, 0.3) is 11.1 Å². The zero-order chi connectivity index (χ0) is 21.3. The molecule has 1 amide bonds. The summed E-state index contributed by atoms with van der Waals surface area (Å²) >= 11 is 8.03. The predicted molar refractivity (Wildman–Crippen MR) is 124 cm³/mol. The number of carbonyl (C=O) groups is 1. The Morgan fingerprint density at radius 1 is 1.07 bits per heavy atom. The van der Waals surface area contributed by atoms with E-state index >= 15 is 0 Å². The smallest absolute Gasteiger partial charge is 0.407 e. The summed E-state index contributed by atoms with van der Waals surface area (Å²) in [6.45, 7) is 0.0777. The molecule has 5 nitrogen and oxygen atoms in total. The lowest BCUT2D eigenvalue weighted by molar-refractivity contribution is 0.0206. The minimum absolute atomic E-state index is 0.0283. The van der Waals surface area contributed by atoms with Crippen molar-refractivity contribution in [3.05, 3.63) is 78.9 Å². The molecule has 8 heteroatoms. The Bertz CT molecular complexity index is 1010. The number of alkyl carbamates (subject to hydrolysis) is 1. The van der Waals surface area contributed by atoms with Gasteiger partial charge in [-0.25, -0.2) is 4.79 Å². The first-order valence-corrected chi connectivity index (χ1v) is 11.8. The van der Waals surface area contributed by atoms with Gasteiger partial charge in [0.25, 0.3) is 0 Å². The predicted octanol–water partition coefficient (Wildman–Crippen LogP) is 5.21. The summed E-state index contributed by atoms with van der Waals surface area (Å²) in [5.41, 5.74) is 4.59. The number of amides is 1. The van der Waals surface area contributed by atoms with Gasteiger partial charge in [0, 0.05) is 21.8 Å². The zero-order valence-electron chi connectivity index (χ0n) is 15.7. The molecule has 0 spiro atoms. The molecule has 1 aromatic heterocycles. The van der Waals surface area contributed by atoms with Gasteiger partial charge >= 0.3 is 6.09 Å². The number of aliphatic hydroxyl groups excluding tert-OH is 2. The highest BCUT2D eigenvalue weighted by atomic mass is 79.9. The summed E-state index contributed by atoms with van der Waals surface area (Å²) in [7, 11) is 0. The molecule has 0 bridgehead atoms. The van der Waals surface area contributed by atoms with E-state index in [1.165, 1.54) is 11.3 Å². The van der Waals surface area contributed by atoms with Crippen LogP contribution < -0.4 is 5.32 Å². The van der Waals surface area contributed by atoms with E-state index in [4.69, 9.17) is 4.74 Å². The van der Waals surface area contributed by atoms with Gasteiger partial charge in [-0.3, -0.25) is 0 Å². The number of halogens is 2. The van der Waals surface area contributed by atoms with Crippen LogP contribution in [0.5, 0.6) is 0 Å². The molecule has 1 aliphatic rings. The first-order chi connectivity index (χ1) is 14.5. The standard InChI is InChI=1S/C22H19Br2NO4S/c23-17-9-19(30-21(17)24)20(27)18(26)10-25-22(28)29-11-16-14-7-3-1-5-12(14)13-6-2-4-8-15(13)16/h1-9,16,18,20,26-27H,10-11H2,(H,25,28). The van der Waals surface area contributed by atoms with E-state index in [1.54, 1.807) is 6.07 Å². The van der Waals surface area contributed by atoms with Crippen molar-refractivity contribution in [3.63, 3.8) is 0 Å². The summed E-state index contributed by atoms with van der Waals surface area (Å²) in [5.74, 6) is -0.0283. The van der Waals surface area contributed by atoms with Crippen molar-refractivity contribution in [2.75, 3.05) is 13.2 Å². The highest BCUT2D eigenvalue weighted by Crippen LogP contribution is 2.44. The van der Waals surface area contributed by atoms with E-state index in [0.717, 1.165) is 30.5 Å². The Kier molecular flexibility index (Phi) is 6.60. The van der Waals surface area contributed by atoms with Crippen LogP contribution in [0.15, 0.2) is 62.9 Å². The molecule has 2 unspecified atom stereocenters. The first-order valence-electron chi connectivity index (χ1n) is 9.35. The average Bonchev–Trinajstić information content (AvgIpc) is 3.27. The fraction of sp³-hybridized carbons (Fsp3) is 0.227. The van der Waals surface area contributed by atoms with Crippen molar-refractivity contribution >= 4 is 49.3 Å². The number of fused-ring (bicyclic) bond motifs is 3. The Hall–Kier alpha value is -1.71. The molecule has 4 rings (SSSR count). The molecule has 30 heavy (non-hydrogen) atoms. The van der Waals surface area contributed by atoms with Crippen molar-refractivity contribution < 1.29 is 19.7 Å². The molecule has 0 aliphatic heterocycles. The lowest BCUT2D eigenvalue weighted by Gasteiger charge is -2.18. The van der Waals surface area contributed by atoms with Gasteiger partial charge in [0.2, 0.25) is 0 Å². The molecule has 3 N–H and O–H groups in total. The maximum atomic E-state index is 12.2. The Balaban J connectivity index is 1.34. The minimum atomic E-state index is -1.15. The topological polar surface area (TPSA) is 78.8 Å². The summed E-state index contributed by atoms with van der Waals surface area (Å²) in [4.78, 5) is 12.8.